The first-order valence-electron chi connectivity index (χ1n) is 7.25. The number of aliphatic imine (C=N–C) groups is 1. The van der Waals surface area contributed by atoms with E-state index in [1.807, 2.05) is 6.07 Å². The SMILES string of the molecule is Fc1cccc2c1CNC(NC1CCc3ccccc31)=N2. The lowest BCUT2D eigenvalue weighted by Crippen LogP contribution is -2.40. The number of fused-ring (bicyclic) bond motifs is 2. The number of hydrogen-bond acceptors (Lipinski definition) is 3. The average molecular weight is 281 g/mol. The van der Waals surface area contributed by atoms with Crippen LogP contribution in [0.2, 0.25) is 0 Å². The molecule has 0 aromatic heterocycles. The van der Waals surface area contributed by atoms with Crippen molar-refractivity contribution >= 4 is 11.6 Å². The van der Waals surface area contributed by atoms with Crippen molar-refractivity contribution in [3.8, 4) is 0 Å². The van der Waals surface area contributed by atoms with E-state index >= 15 is 0 Å². The van der Waals surface area contributed by atoms with Gasteiger partial charge in [-0.1, -0.05) is 30.3 Å². The molecule has 0 saturated heterocycles. The summed E-state index contributed by atoms with van der Waals surface area (Å²) in [6, 6.07) is 13.8. The van der Waals surface area contributed by atoms with Crippen LogP contribution in [0, 0.1) is 5.82 Å². The predicted octanol–water partition coefficient (Wildman–Crippen LogP) is 3.19. The molecule has 1 atom stereocenters. The Kier molecular flexibility index (Phi) is 2.88. The zero-order chi connectivity index (χ0) is 14.2. The molecule has 2 aliphatic rings. The van der Waals surface area contributed by atoms with Crippen molar-refractivity contribution in [1.29, 1.82) is 0 Å². The van der Waals surface area contributed by atoms with E-state index in [-0.39, 0.29) is 11.9 Å². The summed E-state index contributed by atoms with van der Waals surface area (Å²) in [5.74, 6) is 0.531. The van der Waals surface area contributed by atoms with E-state index < -0.39 is 0 Å². The summed E-state index contributed by atoms with van der Waals surface area (Å²) < 4.78 is 13.7. The molecule has 0 spiro atoms. The summed E-state index contributed by atoms with van der Waals surface area (Å²) in [5.41, 5.74) is 4.09. The molecule has 2 N–H and O–H groups in total. The molecular weight excluding hydrogens is 265 g/mol. The summed E-state index contributed by atoms with van der Waals surface area (Å²) in [7, 11) is 0. The molecule has 4 heteroatoms. The Morgan fingerprint density at radius 3 is 3.00 bits per heavy atom. The summed E-state index contributed by atoms with van der Waals surface area (Å²) in [5, 5.41) is 6.62. The molecule has 0 fully saturated rings. The normalized spacial score (nSPS) is 19.3. The second-order valence-electron chi connectivity index (χ2n) is 5.49. The maximum Gasteiger partial charge on any atom is 0.197 e. The van der Waals surface area contributed by atoms with Crippen molar-refractivity contribution in [3.05, 3.63) is 65.0 Å². The fourth-order valence-corrected chi connectivity index (χ4v) is 3.11. The number of rotatable bonds is 1. The van der Waals surface area contributed by atoms with Crippen LogP contribution < -0.4 is 10.6 Å². The van der Waals surface area contributed by atoms with Gasteiger partial charge in [-0.15, -0.1) is 0 Å². The topological polar surface area (TPSA) is 36.4 Å². The van der Waals surface area contributed by atoms with E-state index in [2.05, 4.69) is 39.9 Å². The Bertz CT molecular complexity index is 724. The minimum Gasteiger partial charge on any atom is -0.352 e. The summed E-state index contributed by atoms with van der Waals surface area (Å²) in [6.07, 6.45) is 2.16. The molecular formula is C17H16FN3. The molecule has 3 nitrogen and oxygen atoms in total. The van der Waals surface area contributed by atoms with Gasteiger partial charge in [-0.2, -0.15) is 0 Å². The van der Waals surface area contributed by atoms with Crippen LogP contribution in [0.25, 0.3) is 0 Å². The van der Waals surface area contributed by atoms with Gasteiger partial charge >= 0.3 is 0 Å². The lowest BCUT2D eigenvalue weighted by Gasteiger charge is -2.22. The van der Waals surface area contributed by atoms with E-state index in [9.17, 15) is 4.39 Å². The molecule has 106 valence electrons. The van der Waals surface area contributed by atoms with Crippen LogP contribution in [0.1, 0.15) is 29.2 Å². The highest BCUT2D eigenvalue weighted by Crippen LogP contribution is 2.31. The first-order valence-corrected chi connectivity index (χ1v) is 7.25. The Balaban J connectivity index is 1.60. The summed E-state index contributed by atoms with van der Waals surface area (Å²) in [6.45, 7) is 0.474. The van der Waals surface area contributed by atoms with Gasteiger partial charge in [0, 0.05) is 12.1 Å². The van der Waals surface area contributed by atoms with Gasteiger partial charge in [0.15, 0.2) is 5.96 Å². The van der Waals surface area contributed by atoms with E-state index in [0.29, 0.717) is 17.8 Å². The van der Waals surface area contributed by atoms with E-state index in [1.54, 1.807) is 6.07 Å². The third-order valence-electron chi connectivity index (χ3n) is 4.20. The van der Waals surface area contributed by atoms with Gasteiger partial charge in [-0.05, 0) is 36.1 Å². The fourth-order valence-electron chi connectivity index (χ4n) is 3.11. The van der Waals surface area contributed by atoms with Crippen LogP contribution in [0.15, 0.2) is 47.5 Å². The Hall–Kier alpha value is -2.36. The van der Waals surface area contributed by atoms with Crippen molar-refractivity contribution in [2.75, 3.05) is 0 Å². The van der Waals surface area contributed by atoms with Crippen molar-refractivity contribution < 1.29 is 4.39 Å². The number of guanidine groups is 1. The highest BCUT2D eigenvalue weighted by atomic mass is 19.1. The number of nitrogens with one attached hydrogen (secondary N) is 2. The Labute approximate surface area is 122 Å². The van der Waals surface area contributed by atoms with Crippen molar-refractivity contribution in [2.24, 2.45) is 4.99 Å². The number of aryl methyl sites for hydroxylation is 1. The van der Waals surface area contributed by atoms with Crippen LogP contribution >= 0.6 is 0 Å². The molecule has 1 heterocycles. The quantitative estimate of drug-likeness (QED) is 0.842. The van der Waals surface area contributed by atoms with Crippen molar-refractivity contribution in [3.63, 3.8) is 0 Å². The lowest BCUT2D eigenvalue weighted by molar-refractivity contribution is 0.592. The third-order valence-corrected chi connectivity index (χ3v) is 4.20. The molecule has 2 aromatic carbocycles. The highest BCUT2D eigenvalue weighted by Gasteiger charge is 2.24. The maximum atomic E-state index is 13.7. The predicted molar refractivity (Wildman–Crippen MR) is 81.0 cm³/mol. The molecule has 1 aliphatic heterocycles. The molecule has 1 unspecified atom stereocenters. The van der Waals surface area contributed by atoms with Crippen molar-refractivity contribution in [2.45, 2.75) is 25.4 Å². The van der Waals surface area contributed by atoms with Gasteiger partial charge in [0.2, 0.25) is 0 Å². The number of hydrogen-bond donors (Lipinski definition) is 2. The molecule has 4 rings (SSSR count). The highest BCUT2D eigenvalue weighted by molar-refractivity contribution is 5.85. The molecule has 0 radical (unpaired) electrons. The molecule has 0 amide bonds. The van der Waals surface area contributed by atoms with Crippen LogP contribution in [0.4, 0.5) is 10.1 Å². The van der Waals surface area contributed by atoms with Gasteiger partial charge in [0.1, 0.15) is 5.82 Å². The number of halogens is 1. The number of benzene rings is 2. The third kappa shape index (κ3) is 2.17. The first kappa shape index (κ1) is 12.4. The smallest absolute Gasteiger partial charge is 0.197 e. The monoisotopic (exact) mass is 281 g/mol. The molecule has 0 bridgehead atoms. The molecule has 21 heavy (non-hydrogen) atoms. The average Bonchev–Trinajstić information content (AvgIpc) is 2.91. The van der Waals surface area contributed by atoms with Gasteiger partial charge in [0.25, 0.3) is 0 Å². The van der Waals surface area contributed by atoms with E-state index in [4.69, 9.17) is 0 Å². The standard InChI is InChI=1S/C17H16FN3/c18-14-6-3-7-15-13(14)10-19-17(20-15)21-16-9-8-11-4-1-2-5-12(11)16/h1-7,16H,8-10H2,(H2,19,20,21). The van der Waals surface area contributed by atoms with Crippen LogP contribution in [0.3, 0.4) is 0 Å². The molecule has 0 saturated carbocycles. The zero-order valence-electron chi connectivity index (χ0n) is 11.6. The maximum absolute atomic E-state index is 13.7. The fraction of sp³-hybridized carbons (Fsp3) is 0.235. The summed E-state index contributed by atoms with van der Waals surface area (Å²) >= 11 is 0. The second-order valence-corrected chi connectivity index (χ2v) is 5.49. The number of nitrogens with zero attached hydrogens (tertiary/aromatic N) is 1. The molecule has 1 aliphatic carbocycles. The minimum atomic E-state index is -0.200. The van der Waals surface area contributed by atoms with Crippen LogP contribution in [0.5, 0.6) is 0 Å². The van der Waals surface area contributed by atoms with Gasteiger partial charge in [-0.3, -0.25) is 0 Å². The second kappa shape index (κ2) is 4.88. The van der Waals surface area contributed by atoms with Crippen molar-refractivity contribution in [1.82, 2.24) is 10.6 Å². The molecule has 2 aromatic rings. The Morgan fingerprint density at radius 1 is 1.14 bits per heavy atom. The largest absolute Gasteiger partial charge is 0.352 e. The first-order chi connectivity index (χ1) is 10.3. The van der Waals surface area contributed by atoms with Crippen LogP contribution in [-0.4, -0.2) is 5.96 Å². The van der Waals surface area contributed by atoms with Crippen LogP contribution in [-0.2, 0) is 13.0 Å². The van der Waals surface area contributed by atoms with Gasteiger partial charge in [0.05, 0.1) is 11.7 Å². The lowest BCUT2D eigenvalue weighted by atomic mass is 10.1. The minimum absolute atomic E-state index is 0.200. The van der Waals surface area contributed by atoms with E-state index in [0.717, 1.165) is 18.8 Å². The Morgan fingerprint density at radius 2 is 2.05 bits per heavy atom. The van der Waals surface area contributed by atoms with Gasteiger partial charge in [-0.25, -0.2) is 9.38 Å². The summed E-state index contributed by atoms with van der Waals surface area (Å²) in [4.78, 5) is 4.50. The van der Waals surface area contributed by atoms with Gasteiger partial charge < -0.3 is 10.6 Å². The van der Waals surface area contributed by atoms with E-state index in [1.165, 1.54) is 17.2 Å². The zero-order valence-corrected chi connectivity index (χ0v) is 11.6.